The largest absolute Gasteiger partial charge is 0.381 e. The van der Waals surface area contributed by atoms with E-state index in [9.17, 15) is 4.79 Å². The van der Waals surface area contributed by atoms with Gasteiger partial charge >= 0.3 is 0 Å². The molecule has 0 atom stereocenters. The predicted octanol–water partition coefficient (Wildman–Crippen LogP) is 6.92. The van der Waals surface area contributed by atoms with E-state index in [1.165, 1.54) is 40.8 Å². The fraction of sp³-hybridized carbons (Fsp3) is 0.400. The Morgan fingerprint density at radius 1 is 0.900 bits per heavy atom. The molecule has 0 radical (unpaired) electrons. The van der Waals surface area contributed by atoms with Gasteiger partial charge in [0, 0.05) is 55.8 Å². The van der Waals surface area contributed by atoms with E-state index in [4.69, 9.17) is 4.74 Å². The molecule has 5 nitrogen and oxygen atoms in total. The molecule has 0 aromatic heterocycles. The molecular formula is C35H41N3O2. The standard InChI is InChI=1S/C35H41N3O2/c1-37(33-17-21-40-22-18-33)25-26-7-13-32(14-8-26)36-35(39)30-6-4-5-27-9-10-29(23-31(27)24-30)28-11-15-34(16-12-28)38-19-2-3-20-38/h7-16,23-24,33H,2-6,17-22,25H2,1H3,(H,36,39). The van der Waals surface area contributed by atoms with E-state index >= 15 is 0 Å². The van der Waals surface area contributed by atoms with Crippen molar-refractivity contribution in [1.29, 1.82) is 0 Å². The smallest absolute Gasteiger partial charge is 0.251 e. The Labute approximate surface area is 238 Å². The zero-order valence-corrected chi connectivity index (χ0v) is 23.7. The number of benzene rings is 3. The number of hydrogen-bond donors (Lipinski definition) is 1. The molecule has 6 rings (SSSR count). The first kappa shape index (κ1) is 26.8. The first-order chi connectivity index (χ1) is 19.6. The van der Waals surface area contributed by atoms with Gasteiger partial charge in [0.2, 0.25) is 0 Å². The lowest BCUT2D eigenvalue weighted by Crippen LogP contribution is -2.36. The monoisotopic (exact) mass is 535 g/mol. The summed E-state index contributed by atoms with van der Waals surface area (Å²) in [6, 6.07) is 24.6. The van der Waals surface area contributed by atoms with Crippen LogP contribution >= 0.6 is 0 Å². The van der Waals surface area contributed by atoms with Gasteiger partial charge in [-0.15, -0.1) is 0 Å². The van der Waals surface area contributed by atoms with Gasteiger partial charge in [-0.25, -0.2) is 0 Å². The van der Waals surface area contributed by atoms with Crippen LogP contribution in [0.3, 0.4) is 0 Å². The Balaban J connectivity index is 1.12. The van der Waals surface area contributed by atoms with E-state index in [1.54, 1.807) is 0 Å². The predicted molar refractivity (Wildman–Crippen MR) is 165 cm³/mol. The van der Waals surface area contributed by atoms with Crippen LogP contribution in [0.4, 0.5) is 11.4 Å². The number of fused-ring (bicyclic) bond motifs is 1. The average Bonchev–Trinajstić information content (AvgIpc) is 3.45. The highest BCUT2D eigenvalue weighted by Gasteiger charge is 2.19. The third kappa shape index (κ3) is 6.32. The lowest BCUT2D eigenvalue weighted by Gasteiger charge is -2.31. The number of aryl methyl sites for hydroxylation is 1. The van der Waals surface area contributed by atoms with Gasteiger partial charge in [-0.1, -0.05) is 36.4 Å². The molecule has 0 unspecified atom stereocenters. The molecule has 2 aliphatic heterocycles. The number of ether oxygens (including phenoxy) is 1. The zero-order chi connectivity index (χ0) is 27.3. The van der Waals surface area contributed by atoms with Gasteiger partial charge in [-0.05, 0) is 116 Å². The number of amides is 1. The number of anilines is 2. The molecule has 208 valence electrons. The Bertz CT molecular complexity index is 1330. The molecule has 0 bridgehead atoms. The lowest BCUT2D eigenvalue weighted by atomic mass is 9.97. The maximum absolute atomic E-state index is 13.3. The minimum Gasteiger partial charge on any atom is -0.381 e. The first-order valence-corrected chi connectivity index (χ1v) is 15.0. The quantitative estimate of drug-likeness (QED) is 0.357. The lowest BCUT2D eigenvalue weighted by molar-refractivity contribution is -0.112. The van der Waals surface area contributed by atoms with Gasteiger partial charge < -0.3 is 15.0 Å². The van der Waals surface area contributed by atoms with Crippen LogP contribution in [0.1, 0.15) is 55.2 Å². The molecule has 2 fully saturated rings. The Morgan fingerprint density at radius 3 is 2.38 bits per heavy atom. The van der Waals surface area contributed by atoms with E-state index in [0.717, 1.165) is 81.8 Å². The van der Waals surface area contributed by atoms with Crippen LogP contribution in [0.15, 0.2) is 72.3 Å². The Morgan fingerprint density at radius 2 is 1.62 bits per heavy atom. The summed E-state index contributed by atoms with van der Waals surface area (Å²) in [5.74, 6) is 0.000271. The van der Waals surface area contributed by atoms with Crippen molar-refractivity contribution < 1.29 is 9.53 Å². The van der Waals surface area contributed by atoms with E-state index in [-0.39, 0.29) is 5.91 Å². The number of hydrogen-bond acceptors (Lipinski definition) is 4. The number of nitrogens with one attached hydrogen (secondary N) is 1. The molecule has 0 spiro atoms. The van der Waals surface area contributed by atoms with Crippen LogP contribution in [0.5, 0.6) is 0 Å². The van der Waals surface area contributed by atoms with Crippen molar-refractivity contribution in [2.45, 2.75) is 57.5 Å². The van der Waals surface area contributed by atoms with Crippen LogP contribution in [-0.2, 0) is 22.5 Å². The third-order valence-corrected chi connectivity index (χ3v) is 8.79. The van der Waals surface area contributed by atoms with Crippen LogP contribution in [0.2, 0.25) is 0 Å². The first-order valence-electron chi connectivity index (χ1n) is 15.0. The molecule has 3 aromatic carbocycles. The van der Waals surface area contributed by atoms with Crippen molar-refractivity contribution in [3.8, 4) is 11.1 Å². The molecular weight excluding hydrogens is 494 g/mol. The highest BCUT2D eigenvalue weighted by atomic mass is 16.5. The summed E-state index contributed by atoms with van der Waals surface area (Å²) in [4.78, 5) is 18.2. The zero-order valence-electron chi connectivity index (χ0n) is 23.7. The van der Waals surface area contributed by atoms with Crippen LogP contribution in [0.25, 0.3) is 17.2 Å². The van der Waals surface area contributed by atoms with Crippen LogP contribution in [0, 0.1) is 0 Å². The summed E-state index contributed by atoms with van der Waals surface area (Å²) >= 11 is 0. The summed E-state index contributed by atoms with van der Waals surface area (Å²) < 4.78 is 5.50. The van der Waals surface area contributed by atoms with E-state index in [0.29, 0.717) is 6.04 Å². The molecule has 40 heavy (non-hydrogen) atoms. The van der Waals surface area contributed by atoms with Crippen molar-refractivity contribution in [3.05, 3.63) is 89.0 Å². The van der Waals surface area contributed by atoms with Crippen LogP contribution < -0.4 is 10.2 Å². The summed E-state index contributed by atoms with van der Waals surface area (Å²) in [5, 5.41) is 3.15. The molecule has 3 aliphatic rings. The van der Waals surface area contributed by atoms with Gasteiger partial charge in [0.25, 0.3) is 5.91 Å². The second kappa shape index (κ2) is 12.4. The number of carbonyl (C=O) groups is 1. The molecule has 1 N–H and O–H groups in total. The van der Waals surface area contributed by atoms with Crippen molar-refractivity contribution in [3.63, 3.8) is 0 Å². The topological polar surface area (TPSA) is 44.8 Å². The summed E-state index contributed by atoms with van der Waals surface area (Å²) in [6.45, 7) is 4.93. The molecule has 2 heterocycles. The number of rotatable bonds is 7. The minimum atomic E-state index is 0.000271. The van der Waals surface area contributed by atoms with Crippen LogP contribution in [-0.4, -0.2) is 50.2 Å². The summed E-state index contributed by atoms with van der Waals surface area (Å²) in [5.41, 5.74) is 9.17. The van der Waals surface area contributed by atoms with Gasteiger partial charge in [0.1, 0.15) is 0 Å². The highest BCUT2D eigenvalue weighted by molar-refractivity contribution is 6.07. The minimum absolute atomic E-state index is 0.000271. The Hall–Kier alpha value is -3.41. The fourth-order valence-electron chi connectivity index (χ4n) is 6.33. The average molecular weight is 536 g/mol. The SMILES string of the molecule is CN(Cc1ccc(NC(=O)C2=Cc3cc(-c4ccc(N5CCCC5)cc4)ccc3CCC2)cc1)C1CCOCC1. The second-order valence-corrected chi connectivity index (χ2v) is 11.6. The van der Waals surface area contributed by atoms with Crippen molar-refractivity contribution in [2.24, 2.45) is 0 Å². The molecule has 0 saturated carbocycles. The second-order valence-electron chi connectivity index (χ2n) is 11.6. The molecule has 1 amide bonds. The Kier molecular flexibility index (Phi) is 8.31. The van der Waals surface area contributed by atoms with E-state index in [1.807, 2.05) is 12.1 Å². The van der Waals surface area contributed by atoms with Gasteiger partial charge in [-0.3, -0.25) is 9.69 Å². The summed E-state index contributed by atoms with van der Waals surface area (Å²) in [6.07, 6.45) is 9.62. The maximum Gasteiger partial charge on any atom is 0.251 e. The van der Waals surface area contributed by atoms with Gasteiger partial charge in [-0.2, -0.15) is 0 Å². The summed E-state index contributed by atoms with van der Waals surface area (Å²) in [7, 11) is 2.19. The van der Waals surface area contributed by atoms with E-state index < -0.39 is 0 Å². The molecule has 2 saturated heterocycles. The molecule has 5 heteroatoms. The van der Waals surface area contributed by atoms with Crippen molar-refractivity contribution >= 4 is 23.4 Å². The molecule has 3 aromatic rings. The molecule has 1 aliphatic carbocycles. The van der Waals surface area contributed by atoms with Gasteiger partial charge in [0.15, 0.2) is 0 Å². The normalized spacial score (nSPS) is 17.9. The van der Waals surface area contributed by atoms with Gasteiger partial charge in [0.05, 0.1) is 0 Å². The number of carbonyl (C=O) groups excluding carboxylic acids is 1. The maximum atomic E-state index is 13.3. The van der Waals surface area contributed by atoms with Crippen molar-refractivity contribution in [1.82, 2.24) is 4.90 Å². The van der Waals surface area contributed by atoms with Crippen molar-refractivity contribution in [2.75, 3.05) is 43.6 Å². The number of nitrogens with zero attached hydrogens (tertiary/aromatic N) is 2. The highest BCUT2D eigenvalue weighted by Crippen LogP contribution is 2.31. The fourth-order valence-corrected chi connectivity index (χ4v) is 6.33. The third-order valence-electron chi connectivity index (χ3n) is 8.79. The van der Waals surface area contributed by atoms with E-state index in [2.05, 4.69) is 82.8 Å².